The molecule has 0 bridgehead atoms. The van der Waals surface area contributed by atoms with Crippen molar-refractivity contribution in [3.05, 3.63) is 48.5 Å². The number of nitrogens with zero attached hydrogens (tertiary/aromatic N) is 2. The summed E-state index contributed by atoms with van der Waals surface area (Å²) in [7, 11) is 3.09. The number of methoxy groups -OCH3 is 2. The average Bonchev–Trinajstić information content (AvgIpc) is 2.87. The summed E-state index contributed by atoms with van der Waals surface area (Å²) in [5, 5.41) is 3.70. The lowest BCUT2D eigenvalue weighted by Gasteiger charge is -2.31. The van der Waals surface area contributed by atoms with Gasteiger partial charge >= 0.3 is 0 Å². The van der Waals surface area contributed by atoms with Crippen LogP contribution in [0.2, 0.25) is 0 Å². The van der Waals surface area contributed by atoms with E-state index in [2.05, 4.69) is 10.2 Å². The molecule has 4 rings (SSSR count). The fourth-order valence-electron chi connectivity index (χ4n) is 4.03. The Morgan fingerprint density at radius 3 is 2.56 bits per heavy atom. The van der Waals surface area contributed by atoms with E-state index in [1.807, 2.05) is 24.3 Å². The lowest BCUT2D eigenvalue weighted by molar-refractivity contribution is -0.122. The van der Waals surface area contributed by atoms with E-state index in [4.69, 9.17) is 24.9 Å². The molecular formula is C25H28N4O5. The van der Waals surface area contributed by atoms with Gasteiger partial charge in [0.1, 0.15) is 28.6 Å². The fourth-order valence-corrected chi connectivity index (χ4v) is 4.03. The largest absolute Gasteiger partial charge is 0.497 e. The molecule has 1 saturated heterocycles. The maximum atomic E-state index is 12.6. The molecule has 0 radical (unpaired) electrons. The van der Waals surface area contributed by atoms with Crippen LogP contribution in [0.25, 0.3) is 10.9 Å². The Bertz CT molecular complexity index is 1190. The third-order valence-corrected chi connectivity index (χ3v) is 5.93. The van der Waals surface area contributed by atoms with Crippen molar-refractivity contribution in [2.75, 3.05) is 44.1 Å². The van der Waals surface area contributed by atoms with Crippen molar-refractivity contribution in [3.63, 3.8) is 0 Å². The van der Waals surface area contributed by atoms with E-state index in [0.29, 0.717) is 54.4 Å². The second-order valence-electron chi connectivity index (χ2n) is 8.06. The molecule has 0 spiro atoms. The van der Waals surface area contributed by atoms with Crippen molar-refractivity contribution in [2.24, 2.45) is 11.7 Å². The van der Waals surface area contributed by atoms with Gasteiger partial charge in [0.05, 0.1) is 19.9 Å². The number of benzene rings is 2. The first-order chi connectivity index (χ1) is 16.5. The van der Waals surface area contributed by atoms with Crippen molar-refractivity contribution in [1.82, 2.24) is 4.98 Å². The number of anilines is 2. The van der Waals surface area contributed by atoms with Gasteiger partial charge < -0.3 is 30.2 Å². The summed E-state index contributed by atoms with van der Waals surface area (Å²) in [5.41, 5.74) is 6.64. The molecule has 9 nitrogen and oxygen atoms in total. The number of carbonyl (C=O) groups is 2. The second-order valence-corrected chi connectivity index (χ2v) is 8.06. The standard InChI is InChI=1S/C25H28N4O5/c1-32-18-7-8-19(21(14-18)33-2)27-23(30)15-34-20-5-3-4-16-6-9-22(28-24(16)20)29-12-10-17(11-13-29)25(26)31/h3-9,14,17H,10-13,15H2,1-2H3,(H2,26,31)(H,27,30). The molecule has 1 aromatic heterocycles. The molecule has 2 aromatic carbocycles. The van der Waals surface area contributed by atoms with Gasteiger partial charge in [0.15, 0.2) is 6.61 Å². The number of para-hydroxylation sites is 1. The number of hydrogen-bond donors (Lipinski definition) is 2. The smallest absolute Gasteiger partial charge is 0.262 e. The first kappa shape index (κ1) is 23.2. The van der Waals surface area contributed by atoms with Crippen LogP contribution in [0, 0.1) is 5.92 Å². The Morgan fingerprint density at radius 2 is 1.85 bits per heavy atom. The molecule has 3 aromatic rings. The maximum Gasteiger partial charge on any atom is 0.262 e. The zero-order valence-electron chi connectivity index (χ0n) is 19.2. The molecule has 1 aliphatic rings. The Balaban J connectivity index is 1.45. The highest BCUT2D eigenvalue weighted by Crippen LogP contribution is 2.30. The molecular weight excluding hydrogens is 436 g/mol. The quantitative estimate of drug-likeness (QED) is 0.526. The molecule has 0 unspecified atom stereocenters. The van der Waals surface area contributed by atoms with Gasteiger partial charge in [-0.2, -0.15) is 0 Å². The summed E-state index contributed by atoms with van der Waals surface area (Å²) in [4.78, 5) is 30.9. The third-order valence-electron chi connectivity index (χ3n) is 5.93. The van der Waals surface area contributed by atoms with E-state index in [0.717, 1.165) is 11.2 Å². The van der Waals surface area contributed by atoms with Crippen molar-refractivity contribution < 1.29 is 23.8 Å². The molecule has 2 amide bonds. The molecule has 0 saturated carbocycles. The van der Waals surface area contributed by atoms with Crippen LogP contribution in [-0.2, 0) is 9.59 Å². The van der Waals surface area contributed by atoms with Gasteiger partial charge in [0, 0.05) is 30.5 Å². The highest BCUT2D eigenvalue weighted by atomic mass is 16.5. The monoisotopic (exact) mass is 464 g/mol. The number of rotatable bonds is 8. The molecule has 0 aliphatic carbocycles. The van der Waals surface area contributed by atoms with Crippen molar-refractivity contribution in [1.29, 1.82) is 0 Å². The predicted octanol–water partition coefficient (Wildman–Crippen LogP) is 2.97. The SMILES string of the molecule is COc1ccc(NC(=O)COc2cccc3ccc(N4CCC(C(N)=O)CC4)nc23)c(OC)c1. The predicted molar refractivity (Wildman–Crippen MR) is 130 cm³/mol. The Kier molecular flexibility index (Phi) is 7.01. The molecule has 178 valence electrons. The molecule has 1 fully saturated rings. The molecule has 9 heteroatoms. The van der Waals surface area contributed by atoms with Crippen molar-refractivity contribution >= 4 is 34.2 Å². The number of nitrogens with two attached hydrogens (primary N) is 1. The molecule has 2 heterocycles. The number of aromatic nitrogens is 1. The number of piperidine rings is 1. The summed E-state index contributed by atoms with van der Waals surface area (Å²) in [6.45, 7) is 1.23. The van der Waals surface area contributed by atoms with Crippen LogP contribution >= 0.6 is 0 Å². The Labute approximate surface area is 197 Å². The van der Waals surface area contributed by atoms with E-state index in [9.17, 15) is 9.59 Å². The topological polar surface area (TPSA) is 116 Å². The number of hydrogen-bond acceptors (Lipinski definition) is 7. The maximum absolute atomic E-state index is 12.6. The minimum atomic E-state index is -0.329. The molecule has 3 N–H and O–H groups in total. The van der Waals surface area contributed by atoms with Crippen LogP contribution in [-0.4, -0.2) is 50.7 Å². The van der Waals surface area contributed by atoms with Gasteiger partial charge in [-0.15, -0.1) is 0 Å². The van der Waals surface area contributed by atoms with E-state index >= 15 is 0 Å². The van der Waals surface area contributed by atoms with Crippen LogP contribution in [0.5, 0.6) is 17.2 Å². The normalized spacial score (nSPS) is 14.0. The number of fused-ring (bicyclic) bond motifs is 1. The first-order valence-electron chi connectivity index (χ1n) is 11.1. The Morgan fingerprint density at radius 1 is 1.06 bits per heavy atom. The average molecular weight is 465 g/mol. The van der Waals surface area contributed by atoms with Gasteiger partial charge in [-0.25, -0.2) is 4.98 Å². The zero-order valence-corrected chi connectivity index (χ0v) is 19.2. The highest BCUT2D eigenvalue weighted by molar-refractivity contribution is 5.94. The van der Waals surface area contributed by atoms with Gasteiger partial charge in [-0.1, -0.05) is 12.1 Å². The van der Waals surface area contributed by atoms with Crippen LogP contribution < -0.4 is 30.2 Å². The van der Waals surface area contributed by atoms with Crippen molar-refractivity contribution in [2.45, 2.75) is 12.8 Å². The minimum Gasteiger partial charge on any atom is -0.497 e. The highest BCUT2D eigenvalue weighted by Gasteiger charge is 2.24. The molecule has 34 heavy (non-hydrogen) atoms. The summed E-state index contributed by atoms with van der Waals surface area (Å²) >= 11 is 0. The first-order valence-corrected chi connectivity index (χ1v) is 11.1. The number of nitrogens with one attached hydrogen (secondary N) is 1. The Hall–Kier alpha value is -4.01. The van der Waals surface area contributed by atoms with Gasteiger partial charge in [0.2, 0.25) is 5.91 Å². The van der Waals surface area contributed by atoms with Gasteiger partial charge in [-0.3, -0.25) is 9.59 Å². The minimum absolute atomic E-state index is 0.0848. The molecule has 0 atom stereocenters. The lowest BCUT2D eigenvalue weighted by atomic mass is 9.96. The van der Waals surface area contributed by atoms with E-state index in [-0.39, 0.29) is 24.3 Å². The number of carbonyl (C=O) groups excluding carboxylic acids is 2. The van der Waals surface area contributed by atoms with Gasteiger partial charge in [0.25, 0.3) is 5.91 Å². The number of ether oxygens (including phenoxy) is 3. The number of pyridine rings is 1. The summed E-state index contributed by atoms with van der Waals surface area (Å²) < 4.78 is 16.4. The fraction of sp³-hybridized carbons (Fsp3) is 0.320. The van der Waals surface area contributed by atoms with Crippen molar-refractivity contribution in [3.8, 4) is 17.2 Å². The summed E-state index contributed by atoms with van der Waals surface area (Å²) in [5.74, 6) is 1.78. The lowest BCUT2D eigenvalue weighted by Crippen LogP contribution is -2.38. The van der Waals surface area contributed by atoms with E-state index in [1.54, 1.807) is 31.4 Å². The molecule has 1 aliphatic heterocycles. The van der Waals surface area contributed by atoms with Crippen LogP contribution in [0.3, 0.4) is 0 Å². The number of primary amides is 1. The van der Waals surface area contributed by atoms with Crippen LogP contribution in [0.15, 0.2) is 48.5 Å². The van der Waals surface area contributed by atoms with Crippen LogP contribution in [0.4, 0.5) is 11.5 Å². The summed E-state index contributed by atoms with van der Waals surface area (Å²) in [6, 6.07) is 14.7. The van der Waals surface area contributed by atoms with Gasteiger partial charge in [-0.05, 0) is 43.2 Å². The van der Waals surface area contributed by atoms with E-state index in [1.165, 1.54) is 7.11 Å². The zero-order chi connectivity index (χ0) is 24.1. The van der Waals surface area contributed by atoms with Crippen LogP contribution in [0.1, 0.15) is 12.8 Å². The second kappa shape index (κ2) is 10.3. The third kappa shape index (κ3) is 5.14. The van der Waals surface area contributed by atoms with E-state index < -0.39 is 0 Å². The number of amides is 2. The summed E-state index contributed by atoms with van der Waals surface area (Å²) in [6.07, 6.45) is 1.42.